The lowest BCUT2D eigenvalue weighted by Crippen LogP contribution is -2.11. The fraction of sp³-hybridized carbons (Fsp3) is 0.231. The summed E-state index contributed by atoms with van der Waals surface area (Å²) in [6.45, 7) is 0.697. The number of hydrogen-bond acceptors (Lipinski definition) is 3. The number of anilines is 1. The third-order valence-electron chi connectivity index (χ3n) is 2.91. The van der Waals surface area contributed by atoms with Gasteiger partial charge in [-0.05, 0) is 23.8 Å². The smallest absolute Gasteiger partial charge is 0.255 e. The van der Waals surface area contributed by atoms with Gasteiger partial charge in [0.2, 0.25) is 0 Å². The predicted molar refractivity (Wildman–Crippen MR) is 66.8 cm³/mol. The van der Waals surface area contributed by atoms with E-state index in [1.165, 1.54) is 0 Å². The van der Waals surface area contributed by atoms with Gasteiger partial charge in [-0.1, -0.05) is 0 Å². The first kappa shape index (κ1) is 10.8. The molecular formula is C13H13N3O2. The van der Waals surface area contributed by atoms with Gasteiger partial charge >= 0.3 is 0 Å². The molecule has 1 aliphatic heterocycles. The molecule has 0 unspecified atom stereocenters. The number of carbonyl (C=O) groups is 1. The maximum atomic E-state index is 12.0. The Morgan fingerprint density at radius 3 is 3.17 bits per heavy atom. The molecule has 0 aliphatic carbocycles. The Hall–Kier alpha value is -2.30. The fourth-order valence-electron chi connectivity index (χ4n) is 2.02. The molecule has 1 amide bonds. The van der Waals surface area contributed by atoms with Gasteiger partial charge in [0, 0.05) is 25.2 Å². The number of fused-ring (bicyclic) bond motifs is 1. The van der Waals surface area contributed by atoms with Crippen LogP contribution in [-0.4, -0.2) is 22.3 Å². The Bertz CT molecular complexity index is 604. The van der Waals surface area contributed by atoms with Gasteiger partial charge in [0.1, 0.15) is 5.75 Å². The van der Waals surface area contributed by atoms with Crippen molar-refractivity contribution >= 4 is 11.6 Å². The molecule has 0 saturated carbocycles. The molecule has 0 spiro atoms. The van der Waals surface area contributed by atoms with Crippen LogP contribution in [0.1, 0.15) is 15.9 Å². The molecule has 3 rings (SSSR count). The zero-order valence-corrected chi connectivity index (χ0v) is 10.0. The van der Waals surface area contributed by atoms with Crippen molar-refractivity contribution in [3.05, 3.63) is 41.7 Å². The van der Waals surface area contributed by atoms with E-state index in [0.29, 0.717) is 17.9 Å². The number of rotatable bonds is 2. The van der Waals surface area contributed by atoms with E-state index in [9.17, 15) is 4.79 Å². The minimum atomic E-state index is -0.127. The summed E-state index contributed by atoms with van der Waals surface area (Å²) in [7, 11) is 1.81. The van der Waals surface area contributed by atoms with Crippen LogP contribution < -0.4 is 10.1 Å². The van der Waals surface area contributed by atoms with Crippen molar-refractivity contribution in [2.45, 2.75) is 6.42 Å². The molecule has 5 heteroatoms. The first-order valence-electron chi connectivity index (χ1n) is 5.78. The van der Waals surface area contributed by atoms with Gasteiger partial charge in [0.15, 0.2) is 0 Å². The van der Waals surface area contributed by atoms with Crippen molar-refractivity contribution in [1.29, 1.82) is 0 Å². The lowest BCUT2D eigenvalue weighted by molar-refractivity contribution is 0.102. The molecular weight excluding hydrogens is 230 g/mol. The summed E-state index contributed by atoms with van der Waals surface area (Å²) in [4.78, 5) is 12.0. The molecule has 18 heavy (non-hydrogen) atoms. The molecule has 0 atom stereocenters. The van der Waals surface area contributed by atoms with E-state index in [-0.39, 0.29) is 5.91 Å². The Labute approximate surface area is 104 Å². The highest BCUT2D eigenvalue weighted by atomic mass is 16.5. The maximum Gasteiger partial charge on any atom is 0.255 e. The van der Waals surface area contributed by atoms with Crippen LogP contribution >= 0.6 is 0 Å². The first-order valence-corrected chi connectivity index (χ1v) is 5.78. The van der Waals surface area contributed by atoms with Crippen LogP contribution in [0, 0.1) is 0 Å². The summed E-state index contributed by atoms with van der Waals surface area (Å²) < 4.78 is 7.05. The average molecular weight is 243 g/mol. The van der Waals surface area contributed by atoms with Gasteiger partial charge in [-0.25, -0.2) is 0 Å². The molecule has 5 nitrogen and oxygen atoms in total. The van der Waals surface area contributed by atoms with Crippen LogP contribution in [0.2, 0.25) is 0 Å². The van der Waals surface area contributed by atoms with Crippen LogP contribution in [0.15, 0.2) is 30.6 Å². The van der Waals surface area contributed by atoms with E-state index < -0.39 is 0 Å². The van der Waals surface area contributed by atoms with Gasteiger partial charge in [-0.3, -0.25) is 9.48 Å². The highest BCUT2D eigenvalue weighted by molar-refractivity contribution is 6.04. The molecule has 0 bridgehead atoms. The maximum absolute atomic E-state index is 12.0. The van der Waals surface area contributed by atoms with E-state index >= 15 is 0 Å². The number of ether oxygens (including phenoxy) is 1. The van der Waals surface area contributed by atoms with Gasteiger partial charge in [-0.15, -0.1) is 0 Å². The van der Waals surface area contributed by atoms with Gasteiger partial charge in [0.05, 0.1) is 18.5 Å². The molecule has 1 aliphatic rings. The molecule has 0 saturated heterocycles. The number of amides is 1. The normalized spacial score (nSPS) is 12.9. The Kier molecular flexibility index (Phi) is 2.51. The van der Waals surface area contributed by atoms with E-state index in [0.717, 1.165) is 17.7 Å². The van der Waals surface area contributed by atoms with Crippen LogP contribution in [0.5, 0.6) is 5.75 Å². The van der Waals surface area contributed by atoms with E-state index in [1.54, 1.807) is 23.1 Å². The van der Waals surface area contributed by atoms with Gasteiger partial charge < -0.3 is 10.1 Å². The molecule has 1 N–H and O–H groups in total. The van der Waals surface area contributed by atoms with Crippen LogP contribution in [0.25, 0.3) is 0 Å². The molecule has 92 valence electrons. The number of nitrogens with one attached hydrogen (secondary N) is 1. The number of nitrogens with zero attached hydrogens (tertiary/aromatic N) is 2. The molecule has 2 aromatic rings. The largest absolute Gasteiger partial charge is 0.493 e. The van der Waals surface area contributed by atoms with Crippen LogP contribution in [-0.2, 0) is 13.5 Å². The molecule has 2 heterocycles. The van der Waals surface area contributed by atoms with Gasteiger partial charge in [0.25, 0.3) is 5.91 Å². The predicted octanol–water partition coefficient (Wildman–Crippen LogP) is 1.61. The second kappa shape index (κ2) is 4.18. The summed E-state index contributed by atoms with van der Waals surface area (Å²) in [5.74, 6) is 0.755. The SMILES string of the molecule is Cn1cc(NC(=O)c2ccc3c(c2)CCO3)cn1. The molecule has 0 fully saturated rings. The number of carbonyl (C=O) groups excluding carboxylic acids is 1. The lowest BCUT2D eigenvalue weighted by atomic mass is 10.1. The van der Waals surface area contributed by atoms with E-state index in [4.69, 9.17) is 4.74 Å². The monoisotopic (exact) mass is 243 g/mol. The Morgan fingerprint density at radius 2 is 2.39 bits per heavy atom. The number of hydrogen-bond donors (Lipinski definition) is 1. The number of aryl methyl sites for hydroxylation is 1. The zero-order chi connectivity index (χ0) is 12.5. The highest BCUT2D eigenvalue weighted by Gasteiger charge is 2.15. The summed E-state index contributed by atoms with van der Waals surface area (Å²) in [6, 6.07) is 5.50. The summed E-state index contributed by atoms with van der Waals surface area (Å²) in [5.41, 5.74) is 2.43. The standard InChI is InChI=1S/C13H13N3O2/c1-16-8-11(7-14-16)15-13(17)10-2-3-12-9(6-10)4-5-18-12/h2-3,6-8H,4-5H2,1H3,(H,15,17). The minimum Gasteiger partial charge on any atom is -0.493 e. The van der Waals surface area contributed by atoms with Crippen molar-refractivity contribution in [3.63, 3.8) is 0 Å². The molecule has 1 aromatic heterocycles. The van der Waals surface area contributed by atoms with Crippen molar-refractivity contribution < 1.29 is 9.53 Å². The number of aromatic nitrogens is 2. The van der Waals surface area contributed by atoms with E-state index in [1.807, 2.05) is 19.2 Å². The highest BCUT2D eigenvalue weighted by Crippen LogP contribution is 2.26. The molecule has 1 aromatic carbocycles. The van der Waals surface area contributed by atoms with Crippen molar-refractivity contribution in [2.24, 2.45) is 7.05 Å². The molecule has 0 radical (unpaired) electrons. The summed E-state index contributed by atoms with van der Waals surface area (Å²) in [5, 5.41) is 6.81. The topological polar surface area (TPSA) is 56.2 Å². The van der Waals surface area contributed by atoms with Crippen molar-refractivity contribution in [3.8, 4) is 5.75 Å². The van der Waals surface area contributed by atoms with E-state index in [2.05, 4.69) is 10.4 Å². The summed E-state index contributed by atoms with van der Waals surface area (Å²) >= 11 is 0. The van der Waals surface area contributed by atoms with Crippen molar-refractivity contribution in [1.82, 2.24) is 9.78 Å². The zero-order valence-electron chi connectivity index (χ0n) is 10.0. The van der Waals surface area contributed by atoms with Crippen LogP contribution in [0.3, 0.4) is 0 Å². The lowest BCUT2D eigenvalue weighted by Gasteiger charge is -2.04. The van der Waals surface area contributed by atoms with Gasteiger partial charge in [-0.2, -0.15) is 5.10 Å². The Balaban J connectivity index is 1.80. The average Bonchev–Trinajstić information content (AvgIpc) is 2.96. The second-order valence-corrected chi connectivity index (χ2v) is 4.28. The second-order valence-electron chi connectivity index (χ2n) is 4.28. The van der Waals surface area contributed by atoms with Crippen molar-refractivity contribution in [2.75, 3.05) is 11.9 Å². The third-order valence-corrected chi connectivity index (χ3v) is 2.91. The fourth-order valence-corrected chi connectivity index (χ4v) is 2.02. The number of benzene rings is 1. The minimum absolute atomic E-state index is 0.127. The summed E-state index contributed by atoms with van der Waals surface area (Å²) in [6.07, 6.45) is 4.24. The Morgan fingerprint density at radius 1 is 1.50 bits per heavy atom. The van der Waals surface area contributed by atoms with Crippen LogP contribution in [0.4, 0.5) is 5.69 Å². The third kappa shape index (κ3) is 1.95. The quantitative estimate of drug-likeness (QED) is 0.871. The first-order chi connectivity index (χ1) is 8.72.